The van der Waals surface area contributed by atoms with Gasteiger partial charge in [-0.3, -0.25) is 14.5 Å². The number of nitrogens with one attached hydrogen (secondary N) is 1. The van der Waals surface area contributed by atoms with Crippen molar-refractivity contribution in [1.82, 2.24) is 4.90 Å². The first kappa shape index (κ1) is 39.6. The Morgan fingerprint density at radius 3 is 2.37 bits per heavy atom. The van der Waals surface area contributed by atoms with Crippen LogP contribution in [0.4, 0.5) is 5.69 Å². The first-order valence-electron chi connectivity index (χ1n) is 15.1. The Hall–Kier alpha value is -3.79. The van der Waals surface area contributed by atoms with Gasteiger partial charge < -0.3 is 23.9 Å². The minimum Gasteiger partial charge on any atom is -0.467 e. The lowest BCUT2D eigenvalue weighted by Crippen LogP contribution is -2.51. The van der Waals surface area contributed by atoms with Gasteiger partial charge in [0.2, 0.25) is 15.8 Å². The Morgan fingerprint density at radius 1 is 1.00 bits per heavy atom. The smallest absolute Gasteiger partial charge is 0.376 e. The lowest BCUT2D eigenvalue weighted by Gasteiger charge is -2.38. The fourth-order valence-electron chi connectivity index (χ4n) is 4.57. The van der Waals surface area contributed by atoms with Crippen molar-refractivity contribution in [2.24, 2.45) is 5.14 Å². The van der Waals surface area contributed by atoms with Crippen LogP contribution in [0.3, 0.4) is 0 Å². The van der Waals surface area contributed by atoms with E-state index >= 15 is 0 Å². The topological polar surface area (TPSA) is 185 Å². The van der Waals surface area contributed by atoms with Crippen LogP contribution in [0.1, 0.15) is 67.0 Å². The molecule has 0 amide bonds. The van der Waals surface area contributed by atoms with Crippen molar-refractivity contribution in [2.75, 3.05) is 31.9 Å². The third-order valence-electron chi connectivity index (χ3n) is 7.15. The van der Waals surface area contributed by atoms with Crippen molar-refractivity contribution in [3.63, 3.8) is 0 Å². The average Bonchev–Trinajstić information content (AvgIpc) is 3.55. The average molecular weight is 741 g/mol. The summed E-state index contributed by atoms with van der Waals surface area (Å²) < 4.78 is 45.2. The van der Waals surface area contributed by atoms with Crippen LogP contribution in [-0.2, 0) is 40.4 Å². The van der Waals surface area contributed by atoms with Gasteiger partial charge in [0, 0.05) is 35.6 Å². The number of hydrogen-bond acceptors (Lipinski definition) is 12. The molecule has 3 aromatic rings. The van der Waals surface area contributed by atoms with Crippen molar-refractivity contribution in [3.8, 4) is 0 Å². The van der Waals surface area contributed by atoms with E-state index in [-0.39, 0.29) is 68.0 Å². The number of Topliss-reactive ketones (excluding diaryl/α,β-unsaturated/α-hetero) is 2. The summed E-state index contributed by atoms with van der Waals surface area (Å²) in [4.78, 5) is 52.0. The second-order valence-corrected chi connectivity index (χ2v) is 14.2. The standard InChI is InChI=1S/C33H39Cl2N3O10S/c1-21(30(40)22-8-5-9-23(34)16-22)38(33(2,3)4)20-48-32(42)28(39)11-15-45-12-7-14-47-31(41)25-17-29(49(36,43)44)26(35)18-27(25)37-19-24-10-6-13-46-24/h5-6,8-10,13,16-18,21,37H,7,11-12,14-15,19-20H2,1-4H3,(H2,36,43,44). The number of furan rings is 1. The molecule has 13 nitrogen and oxygen atoms in total. The van der Waals surface area contributed by atoms with Crippen LogP contribution in [0.5, 0.6) is 0 Å². The summed E-state index contributed by atoms with van der Waals surface area (Å²) in [6.07, 6.45) is 1.45. The van der Waals surface area contributed by atoms with Crippen molar-refractivity contribution < 1.29 is 46.2 Å². The summed E-state index contributed by atoms with van der Waals surface area (Å²) in [5, 5.41) is 8.44. The summed E-state index contributed by atoms with van der Waals surface area (Å²) in [6, 6.07) is 11.5. The Balaban J connectivity index is 1.44. The van der Waals surface area contributed by atoms with E-state index in [1.165, 1.54) is 12.3 Å². The third kappa shape index (κ3) is 11.9. The van der Waals surface area contributed by atoms with Gasteiger partial charge in [-0.15, -0.1) is 0 Å². The van der Waals surface area contributed by atoms with Gasteiger partial charge in [0.15, 0.2) is 5.78 Å². The fourth-order valence-corrected chi connectivity index (χ4v) is 5.86. The molecular formula is C33H39Cl2N3O10S. The second kappa shape index (κ2) is 17.7. The number of carbonyl (C=O) groups is 4. The summed E-state index contributed by atoms with van der Waals surface area (Å²) >= 11 is 12.1. The summed E-state index contributed by atoms with van der Waals surface area (Å²) in [6.45, 7) is 7.02. The summed E-state index contributed by atoms with van der Waals surface area (Å²) in [5.41, 5.74) is -0.0846. The number of benzene rings is 2. The Labute approximate surface area is 295 Å². The molecule has 49 heavy (non-hydrogen) atoms. The summed E-state index contributed by atoms with van der Waals surface area (Å²) in [7, 11) is -4.23. The fraction of sp³-hybridized carbons (Fsp3) is 0.394. The van der Waals surface area contributed by atoms with Gasteiger partial charge in [0.05, 0.1) is 48.3 Å². The molecule has 0 bridgehead atoms. The lowest BCUT2D eigenvalue weighted by atomic mass is 9.99. The van der Waals surface area contributed by atoms with E-state index < -0.39 is 44.2 Å². The molecule has 3 rings (SSSR count). The van der Waals surface area contributed by atoms with Crippen LogP contribution in [0.15, 0.2) is 64.1 Å². The van der Waals surface area contributed by atoms with Crippen molar-refractivity contribution in [3.05, 3.63) is 81.7 Å². The number of sulfonamides is 1. The molecule has 2 aromatic carbocycles. The predicted octanol–water partition coefficient (Wildman–Crippen LogP) is 5.24. The van der Waals surface area contributed by atoms with Gasteiger partial charge in [-0.1, -0.05) is 35.3 Å². The molecule has 0 aliphatic heterocycles. The molecule has 0 aliphatic rings. The zero-order valence-electron chi connectivity index (χ0n) is 27.5. The molecule has 266 valence electrons. The lowest BCUT2D eigenvalue weighted by molar-refractivity contribution is -0.160. The highest BCUT2D eigenvalue weighted by atomic mass is 35.5. The highest BCUT2D eigenvalue weighted by Crippen LogP contribution is 2.29. The van der Waals surface area contributed by atoms with Gasteiger partial charge in [-0.25, -0.2) is 23.1 Å². The molecule has 1 atom stereocenters. The Morgan fingerprint density at radius 2 is 1.73 bits per heavy atom. The van der Waals surface area contributed by atoms with E-state index in [0.717, 1.165) is 6.07 Å². The molecule has 1 unspecified atom stereocenters. The van der Waals surface area contributed by atoms with Crippen molar-refractivity contribution >= 4 is 62.4 Å². The van der Waals surface area contributed by atoms with Gasteiger partial charge in [0.1, 0.15) is 17.4 Å². The molecule has 16 heteroatoms. The number of anilines is 1. The van der Waals surface area contributed by atoms with Crippen molar-refractivity contribution in [1.29, 1.82) is 0 Å². The van der Waals surface area contributed by atoms with E-state index in [2.05, 4.69) is 5.32 Å². The minimum atomic E-state index is -4.23. The Bertz CT molecular complexity index is 1740. The second-order valence-electron chi connectivity index (χ2n) is 11.8. The number of nitrogens with zero attached hydrogens (tertiary/aromatic N) is 1. The highest BCUT2D eigenvalue weighted by molar-refractivity contribution is 7.89. The van der Waals surface area contributed by atoms with Gasteiger partial charge in [0.25, 0.3) is 0 Å². The maximum atomic E-state index is 13.1. The predicted molar refractivity (Wildman–Crippen MR) is 182 cm³/mol. The van der Waals surface area contributed by atoms with Crippen LogP contribution >= 0.6 is 23.2 Å². The number of esters is 2. The number of ether oxygens (including phenoxy) is 3. The van der Waals surface area contributed by atoms with Crippen LogP contribution in [0, 0.1) is 0 Å². The maximum Gasteiger partial charge on any atom is 0.376 e. The van der Waals surface area contributed by atoms with E-state index in [1.807, 2.05) is 20.8 Å². The number of carbonyl (C=O) groups excluding carboxylic acids is 4. The van der Waals surface area contributed by atoms with E-state index in [9.17, 15) is 27.6 Å². The van der Waals surface area contributed by atoms with Gasteiger partial charge in [-0.2, -0.15) is 0 Å². The summed E-state index contributed by atoms with van der Waals surface area (Å²) in [5.74, 6) is -2.38. The molecule has 1 heterocycles. The first-order chi connectivity index (χ1) is 23.0. The van der Waals surface area contributed by atoms with E-state index in [4.69, 9.17) is 47.0 Å². The molecule has 1 aromatic heterocycles. The number of rotatable bonds is 18. The molecule has 0 radical (unpaired) electrons. The van der Waals surface area contributed by atoms with Gasteiger partial charge in [-0.05, 0) is 64.1 Å². The highest BCUT2D eigenvalue weighted by Gasteiger charge is 2.32. The first-order valence-corrected chi connectivity index (χ1v) is 17.4. The molecule has 3 N–H and O–H groups in total. The van der Waals surface area contributed by atoms with Crippen LogP contribution < -0.4 is 10.5 Å². The maximum absolute atomic E-state index is 13.1. The number of primary sulfonamides is 1. The number of nitrogens with two attached hydrogens (primary N) is 1. The third-order valence-corrected chi connectivity index (χ3v) is 8.76. The van der Waals surface area contributed by atoms with E-state index in [1.54, 1.807) is 48.2 Å². The number of ketones is 2. The molecular weight excluding hydrogens is 701 g/mol. The van der Waals surface area contributed by atoms with Crippen LogP contribution in [0.2, 0.25) is 10.0 Å². The quantitative estimate of drug-likeness (QED) is 0.0569. The van der Waals surface area contributed by atoms with Crippen LogP contribution in [-0.4, -0.2) is 75.0 Å². The molecule has 0 spiro atoms. The molecule has 0 aliphatic carbocycles. The SMILES string of the molecule is CC(C(=O)c1cccc(Cl)c1)N(COC(=O)C(=O)CCOCCCOC(=O)c1cc(S(N)(=O)=O)c(Cl)cc1NCc1ccco1)C(C)(C)C. The van der Waals surface area contributed by atoms with E-state index in [0.29, 0.717) is 16.3 Å². The number of hydrogen-bond donors (Lipinski definition) is 2. The Kier molecular flexibility index (Phi) is 14.4. The largest absolute Gasteiger partial charge is 0.467 e. The molecule has 0 saturated heterocycles. The zero-order chi connectivity index (χ0) is 36.4. The molecule has 0 saturated carbocycles. The van der Waals surface area contributed by atoms with Gasteiger partial charge >= 0.3 is 11.9 Å². The van der Waals surface area contributed by atoms with Crippen molar-refractivity contribution in [2.45, 2.75) is 63.6 Å². The zero-order valence-corrected chi connectivity index (χ0v) is 29.8. The monoisotopic (exact) mass is 739 g/mol. The molecule has 0 fully saturated rings. The minimum absolute atomic E-state index is 0.0865. The van der Waals surface area contributed by atoms with Crippen LogP contribution in [0.25, 0.3) is 0 Å². The number of halogens is 2. The normalized spacial score (nSPS) is 12.4.